The third-order valence-corrected chi connectivity index (χ3v) is 3.32. The molecule has 1 saturated heterocycles. The van der Waals surface area contributed by atoms with Gasteiger partial charge in [0.1, 0.15) is 5.75 Å². The number of benzene rings is 1. The zero-order valence-corrected chi connectivity index (χ0v) is 10.9. The second-order valence-corrected chi connectivity index (χ2v) is 4.92. The maximum absolute atomic E-state index is 6.02. The molecule has 2 N–H and O–H groups in total. The second-order valence-electron chi connectivity index (χ2n) is 4.48. The van der Waals surface area contributed by atoms with Gasteiger partial charge in [-0.3, -0.25) is 4.90 Å². The zero-order valence-electron chi connectivity index (χ0n) is 10.2. The Morgan fingerprint density at radius 1 is 1.47 bits per heavy atom. The Bertz CT molecular complexity index is 378. The minimum Gasteiger partial charge on any atom is -0.494 e. The molecule has 0 saturated carbocycles. The first-order valence-corrected chi connectivity index (χ1v) is 6.44. The van der Waals surface area contributed by atoms with Gasteiger partial charge in [-0.15, -0.1) is 0 Å². The van der Waals surface area contributed by atoms with E-state index in [1.54, 1.807) is 0 Å². The second kappa shape index (κ2) is 5.71. The van der Waals surface area contributed by atoms with Crippen molar-refractivity contribution in [2.75, 3.05) is 26.2 Å². The lowest BCUT2D eigenvalue weighted by atomic mass is 9.99. The molecular weight excluding hydrogens is 236 g/mol. The lowest BCUT2D eigenvalue weighted by Gasteiger charge is -2.38. The van der Waals surface area contributed by atoms with E-state index < -0.39 is 0 Å². The highest BCUT2D eigenvalue weighted by molar-refractivity contribution is 6.30. The van der Waals surface area contributed by atoms with Gasteiger partial charge in [0, 0.05) is 30.2 Å². The first kappa shape index (κ1) is 12.7. The van der Waals surface area contributed by atoms with Crippen LogP contribution in [0, 0.1) is 5.92 Å². The first-order valence-electron chi connectivity index (χ1n) is 6.06. The van der Waals surface area contributed by atoms with E-state index in [0.717, 1.165) is 42.5 Å². The van der Waals surface area contributed by atoms with Crippen LogP contribution < -0.4 is 10.5 Å². The predicted octanol–water partition coefficient (Wildman–Crippen LogP) is 2.13. The van der Waals surface area contributed by atoms with Crippen molar-refractivity contribution in [3.63, 3.8) is 0 Å². The quantitative estimate of drug-likeness (QED) is 0.875. The van der Waals surface area contributed by atoms with Crippen LogP contribution in [0.3, 0.4) is 0 Å². The molecule has 2 rings (SSSR count). The van der Waals surface area contributed by atoms with Crippen LogP contribution in [-0.4, -0.2) is 31.1 Å². The number of halogens is 1. The number of hydrogen-bond acceptors (Lipinski definition) is 3. The Morgan fingerprint density at radius 2 is 2.24 bits per heavy atom. The molecule has 1 aromatic rings. The van der Waals surface area contributed by atoms with E-state index >= 15 is 0 Å². The van der Waals surface area contributed by atoms with Gasteiger partial charge < -0.3 is 10.5 Å². The first-order chi connectivity index (χ1) is 8.22. The molecule has 0 aliphatic carbocycles. The third kappa shape index (κ3) is 3.12. The fourth-order valence-electron chi connectivity index (χ4n) is 2.16. The fourth-order valence-corrected chi connectivity index (χ4v) is 2.36. The van der Waals surface area contributed by atoms with Gasteiger partial charge in [-0.05, 0) is 37.6 Å². The van der Waals surface area contributed by atoms with Crippen molar-refractivity contribution < 1.29 is 4.74 Å². The van der Waals surface area contributed by atoms with Gasteiger partial charge in [0.15, 0.2) is 0 Å². The summed E-state index contributed by atoms with van der Waals surface area (Å²) in [6.07, 6.45) is 0. The van der Waals surface area contributed by atoms with Crippen molar-refractivity contribution in [2.24, 2.45) is 11.7 Å². The number of rotatable bonds is 5. The molecule has 0 spiro atoms. The normalized spacial score (nSPS) is 16.9. The summed E-state index contributed by atoms with van der Waals surface area (Å²) in [5.41, 5.74) is 6.78. The molecule has 0 radical (unpaired) electrons. The van der Waals surface area contributed by atoms with Crippen molar-refractivity contribution in [3.05, 3.63) is 28.8 Å². The summed E-state index contributed by atoms with van der Waals surface area (Å²) in [5.74, 6) is 1.60. The van der Waals surface area contributed by atoms with Crippen LogP contribution in [0.4, 0.5) is 0 Å². The Labute approximate surface area is 107 Å². The minimum absolute atomic E-state index is 0.657. The molecule has 1 aliphatic rings. The van der Waals surface area contributed by atoms with E-state index in [-0.39, 0.29) is 0 Å². The molecular formula is C13H19ClN2O. The molecule has 94 valence electrons. The van der Waals surface area contributed by atoms with Gasteiger partial charge in [0.2, 0.25) is 0 Å². The molecule has 0 aromatic heterocycles. The molecule has 0 unspecified atom stereocenters. The van der Waals surface area contributed by atoms with Crippen LogP contribution in [0.1, 0.15) is 12.5 Å². The maximum Gasteiger partial charge on any atom is 0.123 e. The molecule has 4 heteroatoms. The van der Waals surface area contributed by atoms with Gasteiger partial charge in [0.25, 0.3) is 0 Å². The average Bonchev–Trinajstić information content (AvgIpc) is 2.26. The Balaban J connectivity index is 2.01. The molecule has 1 fully saturated rings. The highest BCUT2D eigenvalue weighted by Crippen LogP contribution is 2.27. The van der Waals surface area contributed by atoms with Crippen molar-refractivity contribution in [1.82, 2.24) is 4.90 Å². The molecule has 0 amide bonds. The summed E-state index contributed by atoms with van der Waals surface area (Å²) in [7, 11) is 0. The SMILES string of the molecule is CCOc1ccc(Cl)cc1CN1CC(CN)C1. The topological polar surface area (TPSA) is 38.5 Å². The lowest BCUT2D eigenvalue weighted by Crippen LogP contribution is -2.49. The Hall–Kier alpha value is -0.770. The van der Waals surface area contributed by atoms with Gasteiger partial charge in [-0.25, -0.2) is 0 Å². The van der Waals surface area contributed by atoms with E-state index in [1.807, 2.05) is 25.1 Å². The number of likely N-dealkylation sites (tertiary alicyclic amines) is 1. The number of nitrogens with zero attached hydrogens (tertiary/aromatic N) is 1. The van der Waals surface area contributed by atoms with Gasteiger partial charge >= 0.3 is 0 Å². The summed E-state index contributed by atoms with van der Waals surface area (Å²) < 4.78 is 5.60. The third-order valence-electron chi connectivity index (χ3n) is 3.08. The molecule has 17 heavy (non-hydrogen) atoms. The van der Waals surface area contributed by atoms with Crippen molar-refractivity contribution in [3.8, 4) is 5.75 Å². The standard InChI is InChI=1S/C13H19ClN2O/c1-2-17-13-4-3-12(14)5-11(13)9-16-7-10(6-15)8-16/h3-5,10H,2,6-9,15H2,1H3. The van der Waals surface area contributed by atoms with Crippen LogP contribution >= 0.6 is 11.6 Å². The number of ether oxygens (including phenoxy) is 1. The maximum atomic E-state index is 6.02. The van der Waals surface area contributed by atoms with Crippen LogP contribution in [-0.2, 0) is 6.54 Å². The van der Waals surface area contributed by atoms with E-state index in [1.165, 1.54) is 0 Å². The Morgan fingerprint density at radius 3 is 2.88 bits per heavy atom. The lowest BCUT2D eigenvalue weighted by molar-refractivity contribution is 0.0967. The summed E-state index contributed by atoms with van der Waals surface area (Å²) in [6, 6.07) is 5.80. The van der Waals surface area contributed by atoms with Crippen molar-refractivity contribution in [2.45, 2.75) is 13.5 Å². The number of nitrogens with two attached hydrogens (primary N) is 1. The molecule has 3 nitrogen and oxygen atoms in total. The fraction of sp³-hybridized carbons (Fsp3) is 0.538. The van der Waals surface area contributed by atoms with Crippen molar-refractivity contribution in [1.29, 1.82) is 0 Å². The van der Waals surface area contributed by atoms with Crippen LogP contribution in [0.25, 0.3) is 0 Å². The van der Waals surface area contributed by atoms with E-state index in [4.69, 9.17) is 22.1 Å². The number of hydrogen-bond donors (Lipinski definition) is 1. The summed E-state index contributed by atoms with van der Waals surface area (Å²) >= 11 is 6.02. The Kier molecular flexibility index (Phi) is 4.26. The summed E-state index contributed by atoms with van der Waals surface area (Å²) in [5, 5.41) is 0.763. The average molecular weight is 255 g/mol. The molecule has 1 aromatic carbocycles. The molecule has 1 aliphatic heterocycles. The predicted molar refractivity (Wildman–Crippen MR) is 70.4 cm³/mol. The van der Waals surface area contributed by atoms with E-state index in [0.29, 0.717) is 12.5 Å². The minimum atomic E-state index is 0.657. The van der Waals surface area contributed by atoms with Gasteiger partial charge in [-0.1, -0.05) is 11.6 Å². The monoisotopic (exact) mass is 254 g/mol. The van der Waals surface area contributed by atoms with Gasteiger partial charge in [0.05, 0.1) is 6.61 Å². The van der Waals surface area contributed by atoms with E-state index in [2.05, 4.69) is 4.90 Å². The molecule has 0 bridgehead atoms. The van der Waals surface area contributed by atoms with Crippen molar-refractivity contribution >= 4 is 11.6 Å². The molecule has 0 atom stereocenters. The summed E-state index contributed by atoms with van der Waals surface area (Å²) in [6.45, 7) is 6.51. The zero-order chi connectivity index (χ0) is 12.3. The highest BCUT2D eigenvalue weighted by atomic mass is 35.5. The molecule has 1 heterocycles. The highest BCUT2D eigenvalue weighted by Gasteiger charge is 2.25. The largest absolute Gasteiger partial charge is 0.494 e. The van der Waals surface area contributed by atoms with E-state index in [9.17, 15) is 0 Å². The smallest absolute Gasteiger partial charge is 0.123 e. The van der Waals surface area contributed by atoms with Crippen LogP contribution in [0.5, 0.6) is 5.75 Å². The van der Waals surface area contributed by atoms with Crippen LogP contribution in [0.2, 0.25) is 5.02 Å². The summed E-state index contributed by atoms with van der Waals surface area (Å²) in [4.78, 5) is 2.37. The van der Waals surface area contributed by atoms with Gasteiger partial charge in [-0.2, -0.15) is 0 Å². The van der Waals surface area contributed by atoms with Crippen LogP contribution in [0.15, 0.2) is 18.2 Å².